The number of carbonyl (C=O) groups is 1. The van der Waals surface area contributed by atoms with Crippen molar-refractivity contribution < 1.29 is 28.0 Å². The average molecular weight is 399 g/mol. The lowest BCUT2D eigenvalue weighted by molar-refractivity contribution is -0.384. The highest BCUT2D eigenvalue weighted by molar-refractivity contribution is 5.82. The molecule has 0 radical (unpaired) electrons. The molecule has 1 amide bonds. The number of benzene rings is 1. The summed E-state index contributed by atoms with van der Waals surface area (Å²) in [5.41, 5.74) is 5.55. The monoisotopic (exact) mass is 399 g/mol. The molecule has 0 aromatic heterocycles. The van der Waals surface area contributed by atoms with Crippen LogP contribution in [0.5, 0.6) is 5.75 Å². The van der Waals surface area contributed by atoms with E-state index < -0.39 is 35.3 Å². The maximum absolute atomic E-state index is 12.6. The van der Waals surface area contributed by atoms with Crippen molar-refractivity contribution in [1.29, 1.82) is 0 Å². The van der Waals surface area contributed by atoms with Gasteiger partial charge in [0.1, 0.15) is 12.2 Å². The Hall–Kier alpha value is -2.91. The van der Waals surface area contributed by atoms with Gasteiger partial charge >= 0.3 is 6.09 Å². The number of hydrogen-bond donors (Lipinski definition) is 1. The highest BCUT2D eigenvalue weighted by atomic mass is 19.3. The van der Waals surface area contributed by atoms with E-state index in [0.29, 0.717) is 24.1 Å². The molecule has 2 rings (SSSR count). The number of nitrogens with two attached hydrogens (primary N) is 1. The number of anilines is 1. The van der Waals surface area contributed by atoms with Crippen LogP contribution in [0.25, 0.3) is 5.57 Å². The summed E-state index contributed by atoms with van der Waals surface area (Å²) in [5, 5.41) is 11.1. The SMILES string of the molecule is CC(C)(C)OC(=O)N1CC=C(c2ccc([N+](=O)[O-])c(N)c2OCC(F)F)CC1. The van der Waals surface area contributed by atoms with Gasteiger partial charge in [0, 0.05) is 24.7 Å². The van der Waals surface area contributed by atoms with Crippen LogP contribution >= 0.6 is 0 Å². The number of carbonyl (C=O) groups excluding carboxylic acids is 1. The molecule has 154 valence electrons. The van der Waals surface area contributed by atoms with Crippen LogP contribution in [0.4, 0.5) is 25.0 Å². The summed E-state index contributed by atoms with van der Waals surface area (Å²) >= 11 is 0. The quantitative estimate of drug-likeness (QED) is 0.458. The minimum Gasteiger partial charge on any atom is -0.485 e. The number of nitro benzene ring substituents is 1. The van der Waals surface area contributed by atoms with E-state index in [1.165, 1.54) is 17.0 Å². The first kappa shape index (κ1) is 21.4. The first-order valence-corrected chi connectivity index (χ1v) is 8.64. The van der Waals surface area contributed by atoms with Crippen LogP contribution < -0.4 is 10.5 Å². The van der Waals surface area contributed by atoms with Gasteiger partial charge in [0.2, 0.25) is 0 Å². The van der Waals surface area contributed by atoms with Crippen molar-refractivity contribution in [3.63, 3.8) is 0 Å². The van der Waals surface area contributed by atoms with Crippen LogP contribution in [0.1, 0.15) is 32.8 Å². The molecule has 1 heterocycles. The molecule has 0 aliphatic carbocycles. The third-order valence-electron chi connectivity index (χ3n) is 3.93. The molecule has 1 aromatic carbocycles. The fraction of sp³-hybridized carbons (Fsp3) is 0.500. The van der Waals surface area contributed by atoms with E-state index in [1.54, 1.807) is 26.8 Å². The van der Waals surface area contributed by atoms with Crippen LogP contribution in [-0.4, -0.2) is 47.6 Å². The Balaban J connectivity index is 2.28. The molecule has 0 bridgehead atoms. The molecule has 0 saturated carbocycles. The van der Waals surface area contributed by atoms with Gasteiger partial charge in [-0.2, -0.15) is 0 Å². The van der Waals surface area contributed by atoms with E-state index in [2.05, 4.69) is 0 Å². The lowest BCUT2D eigenvalue weighted by Crippen LogP contribution is -2.39. The summed E-state index contributed by atoms with van der Waals surface area (Å²) in [7, 11) is 0. The van der Waals surface area contributed by atoms with E-state index in [4.69, 9.17) is 15.2 Å². The molecule has 2 N–H and O–H groups in total. The lowest BCUT2D eigenvalue weighted by Gasteiger charge is -2.30. The molecule has 0 fully saturated rings. The molecule has 0 saturated heterocycles. The topological polar surface area (TPSA) is 108 Å². The van der Waals surface area contributed by atoms with Gasteiger partial charge < -0.3 is 20.1 Å². The Bertz CT molecular complexity index is 790. The van der Waals surface area contributed by atoms with Crippen LogP contribution in [-0.2, 0) is 4.74 Å². The Labute approximate surface area is 161 Å². The number of amides is 1. The van der Waals surface area contributed by atoms with Gasteiger partial charge in [0.15, 0.2) is 11.4 Å². The van der Waals surface area contributed by atoms with E-state index >= 15 is 0 Å². The molecule has 28 heavy (non-hydrogen) atoms. The van der Waals surface area contributed by atoms with Gasteiger partial charge in [-0.15, -0.1) is 0 Å². The molecule has 1 aliphatic heterocycles. The fourth-order valence-corrected chi connectivity index (χ4v) is 2.71. The predicted molar refractivity (Wildman–Crippen MR) is 99.4 cm³/mol. The Morgan fingerprint density at radius 3 is 2.57 bits per heavy atom. The van der Waals surface area contributed by atoms with Crippen molar-refractivity contribution in [2.45, 2.75) is 39.2 Å². The second kappa shape index (κ2) is 8.41. The zero-order valence-corrected chi connectivity index (χ0v) is 15.9. The number of nitrogens with zero attached hydrogens (tertiary/aromatic N) is 2. The molecule has 10 heteroatoms. The summed E-state index contributed by atoms with van der Waals surface area (Å²) < 4.78 is 35.6. The largest absolute Gasteiger partial charge is 0.485 e. The number of halogens is 2. The van der Waals surface area contributed by atoms with Crippen LogP contribution in [0.15, 0.2) is 18.2 Å². The molecule has 1 aliphatic rings. The van der Waals surface area contributed by atoms with E-state index in [-0.39, 0.29) is 18.0 Å². The minimum absolute atomic E-state index is 0.147. The fourth-order valence-electron chi connectivity index (χ4n) is 2.71. The summed E-state index contributed by atoms with van der Waals surface area (Å²) in [4.78, 5) is 24.0. The molecular formula is C18H23F2N3O5. The second-order valence-corrected chi connectivity index (χ2v) is 7.24. The molecule has 0 atom stereocenters. The molecule has 1 aromatic rings. The second-order valence-electron chi connectivity index (χ2n) is 7.24. The Kier molecular flexibility index (Phi) is 6.42. The number of nitrogen functional groups attached to an aromatic ring is 1. The molecule has 8 nitrogen and oxygen atoms in total. The normalized spacial score (nSPS) is 14.6. The first-order valence-electron chi connectivity index (χ1n) is 8.64. The number of hydrogen-bond acceptors (Lipinski definition) is 6. The van der Waals surface area contributed by atoms with E-state index in [1.807, 2.05) is 0 Å². The van der Waals surface area contributed by atoms with E-state index in [9.17, 15) is 23.7 Å². The summed E-state index contributed by atoms with van der Waals surface area (Å²) in [6.07, 6.45) is -1.10. The smallest absolute Gasteiger partial charge is 0.410 e. The maximum Gasteiger partial charge on any atom is 0.410 e. The molecule has 0 unspecified atom stereocenters. The third kappa shape index (κ3) is 5.30. The number of alkyl halides is 2. The van der Waals surface area contributed by atoms with Crippen molar-refractivity contribution in [3.05, 3.63) is 33.9 Å². The zero-order valence-electron chi connectivity index (χ0n) is 15.9. The average Bonchev–Trinajstić information content (AvgIpc) is 2.58. The number of rotatable bonds is 5. The van der Waals surface area contributed by atoms with Crippen LogP contribution in [0, 0.1) is 10.1 Å². The molecule has 0 spiro atoms. The van der Waals surface area contributed by atoms with Gasteiger partial charge in [-0.05, 0) is 38.8 Å². The highest BCUT2D eigenvalue weighted by Gasteiger charge is 2.27. The summed E-state index contributed by atoms with van der Waals surface area (Å²) in [6.45, 7) is 4.95. The van der Waals surface area contributed by atoms with Crippen molar-refractivity contribution in [2.24, 2.45) is 0 Å². The highest BCUT2D eigenvalue weighted by Crippen LogP contribution is 2.40. The van der Waals surface area contributed by atoms with Gasteiger partial charge in [-0.25, -0.2) is 13.6 Å². The Morgan fingerprint density at radius 2 is 2.07 bits per heavy atom. The first-order chi connectivity index (χ1) is 13.0. The van der Waals surface area contributed by atoms with Crippen LogP contribution in [0.3, 0.4) is 0 Å². The van der Waals surface area contributed by atoms with E-state index in [0.717, 1.165) is 0 Å². The van der Waals surface area contributed by atoms with Gasteiger partial charge in [-0.3, -0.25) is 10.1 Å². The minimum atomic E-state index is -2.76. The van der Waals surface area contributed by atoms with Gasteiger partial charge in [-0.1, -0.05) is 6.08 Å². The summed E-state index contributed by atoms with van der Waals surface area (Å²) in [6, 6.07) is 2.63. The maximum atomic E-state index is 12.6. The lowest BCUT2D eigenvalue weighted by atomic mass is 9.97. The Morgan fingerprint density at radius 1 is 1.39 bits per heavy atom. The number of nitro groups is 1. The van der Waals surface area contributed by atoms with Crippen molar-refractivity contribution in [3.8, 4) is 5.75 Å². The predicted octanol–water partition coefficient (Wildman–Crippen LogP) is 3.85. The standard InChI is InChI=1S/C18H23F2N3O5/c1-18(2,3)28-17(24)22-8-6-11(7-9-22)12-4-5-13(23(25)26)15(21)16(12)27-10-14(19)20/h4-6,14H,7-10,21H2,1-3H3. The van der Waals surface area contributed by atoms with Crippen molar-refractivity contribution >= 4 is 23.0 Å². The number of ether oxygens (including phenoxy) is 2. The molecular weight excluding hydrogens is 376 g/mol. The third-order valence-corrected chi connectivity index (χ3v) is 3.93. The summed E-state index contributed by atoms with van der Waals surface area (Å²) in [5.74, 6) is -0.147. The van der Waals surface area contributed by atoms with Crippen molar-refractivity contribution in [2.75, 3.05) is 25.4 Å². The zero-order chi connectivity index (χ0) is 21.1. The van der Waals surface area contributed by atoms with Crippen LogP contribution in [0.2, 0.25) is 0 Å². The van der Waals surface area contributed by atoms with Gasteiger partial charge in [0.25, 0.3) is 12.1 Å². The van der Waals surface area contributed by atoms with Crippen molar-refractivity contribution in [1.82, 2.24) is 4.90 Å². The van der Waals surface area contributed by atoms with Gasteiger partial charge in [0.05, 0.1) is 4.92 Å².